The Bertz CT molecular complexity index is 697. The summed E-state index contributed by atoms with van der Waals surface area (Å²) in [4.78, 5) is 5.03. The van der Waals surface area contributed by atoms with Crippen molar-refractivity contribution >= 4 is 11.8 Å². The molecule has 0 spiro atoms. The van der Waals surface area contributed by atoms with Crippen LogP contribution >= 0.6 is 11.8 Å². The van der Waals surface area contributed by atoms with Crippen LogP contribution in [0.1, 0.15) is 38.2 Å². The molecule has 3 nitrogen and oxygen atoms in total. The topological polar surface area (TPSA) is 41.6 Å². The molecule has 0 aliphatic carbocycles. The highest BCUT2D eigenvalue weighted by Gasteiger charge is 2.20. The maximum absolute atomic E-state index is 13.4. The normalized spacial score (nSPS) is 11.0. The van der Waals surface area contributed by atoms with Crippen molar-refractivity contribution in [3.8, 4) is 6.07 Å². The molecule has 0 N–H and O–H groups in total. The van der Waals surface area contributed by atoms with Gasteiger partial charge in [0.15, 0.2) is 0 Å². The van der Waals surface area contributed by atoms with Gasteiger partial charge in [-0.2, -0.15) is 5.26 Å². The fraction of sp³-hybridized carbons (Fsp3) is 0.375. The standard InChI is InChI=1S/C16H17F2N3S/c1-4-21-14(5-6-19)20-15(10(2)3)16(21)22-13-8-11(17)7-12(18)9-13/h7-10H,4-5H2,1-3H3. The number of nitriles is 1. The third kappa shape index (κ3) is 3.47. The van der Waals surface area contributed by atoms with Crippen LogP contribution in [0.15, 0.2) is 28.1 Å². The van der Waals surface area contributed by atoms with Gasteiger partial charge in [0.05, 0.1) is 18.2 Å². The lowest BCUT2D eigenvalue weighted by molar-refractivity contribution is 0.577. The highest BCUT2D eigenvalue weighted by molar-refractivity contribution is 7.99. The highest BCUT2D eigenvalue weighted by atomic mass is 32.2. The summed E-state index contributed by atoms with van der Waals surface area (Å²) in [5.74, 6) is -0.360. The lowest BCUT2D eigenvalue weighted by Gasteiger charge is -2.11. The molecule has 6 heteroatoms. The zero-order valence-corrected chi connectivity index (χ0v) is 13.5. The van der Waals surface area contributed by atoms with E-state index >= 15 is 0 Å². The van der Waals surface area contributed by atoms with Gasteiger partial charge in [0.1, 0.15) is 22.5 Å². The van der Waals surface area contributed by atoms with E-state index in [1.54, 1.807) is 0 Å². The van der Waals surface area contributed by atoms with Crippen LogP contribution in [-0.4, -0.2) is 9.55 Å². The third-order valence-corrected chi connectivity index (χ3v) is 4.27. The first-order chi connectivity index (χ1) is 10.5. The molecule has 0 amide bonds. The van der Waals surface area contributed by atoms with Crippen LogP contribution in [0.4, 0.5) is 8.78 Å². The molecule has 1 heterocycles. The third-order valence-electron chi connectivity index (χ3n) is 3.18. The average Bonchev–Trinajstić information content (AvgIpc) is 2.76. The lowest BCUT2D eigenvalue weighted by atomic mass is 10.1. The first-order valence-corrected chi connectivity index (χ1v) is 7.88. The second-order valence-corrected chi connectivity index (χ2v) is 6.22. The molecule has 116 valence electrons. The fourth-order valence-corrected chi connectivity index (χ4v) is 3.51. The van der Waals surface area contributed by atoms with Crippen LogP contribution in [0.5, 0.6) is 0 Å². The summed E-state index contributed by atoms with van der Waals surface area (Å²) in [6.45, 7) is 6.63. The summed E-state index contributed by atoms with van der Waals surface area (Å²) < 4.78 is 28.7. The van der Waals surface area contributed by atoms with Gasteiger partial charge in [-0.3, -0.25) is 0 Å². The van der Waals surface area contributed by atoms with Gasteiger partial charge in [-0.05, 0) is 25.0 Å². The molecule has 0 radical (unpaired) electrons. The monoisotopic (exact) mass is 321 g/mol. The molecule has 0 saturated carbocycles. The molecule has 0 bridgehead atoms. The maximum atomic E-state index is 13.4. The Morgan fingerprint density at radius 1 is 1.27 bits per heavy atom. The minimum Gasteiger partial charge on any atom is -0.322 e. The molecule has 0 atom stereocenters. The molecule has 1 aromatic carbocycles. The summed E-state index contributed by atoms with van der Waals surface area (Å²) in [5.41, 5.74) is 0.849. The SMILES string of the molecule is CCn1c(CC#N)nc(C(C)C)c1Sc1cc(F)cc(F)c1. The van der Waals surface area contributed by atoms with E-state index in [-0.39, 0.29) is 12.3 Å². The van der Waals surface area contributed by atoms with E-state index in [0.29, 0.717) is 17.3 Å². The predicted molar refractivity (Wildman–Crippen MR) is 81.8 cm³/mol. The molecule has 0 aliphatic rings. The van der Waals surface area contributed by atoms with Crippen LogP contribution in [-0.2, 0) is 13.0 Å². The van der Waals surface area contributed by atoms with Gasteiger partial charge >= 0.3 is 0 Å². The second-order valence-electron chi connectivity index (χ2n) is 5.16. The Hall–Kier alpha value is -1.87. The fourth-order valence-electron chi connectivity index (χ4n) is 2.22. The van der Waals surface area contributed by atoms with E-state index in [4.69, 9.17) is 5.26 Å². The number of imidazole rings is 1. The number of nitrogens with zero attached hydrogens (tertiary/aromatic N) is 3. The Kier molecular flexibility index (Phi) is 5.19. The van der Waals surface area contributed by atoms with Crippen LogP contribution < -0.4 is 0 Å². The van der Waals surface area contributed by atoms with Gasteiger partial charge in [-0.15, -0.1) is 0 Å². The van der Waals surface area contributed by atoms with Gasteiger partial charge < -0.3 is 4.57 Å². The zero-order chi connectivity index (χ0) is 16.3. The number of hydrogen-bond donors (Lipinski definition) is 0. The summed E-state index contributed by atoms with van der Waals surface area (Å²) >= 11 is 1.28. The van der Waals surface area contributed by atoms with Crippen molar-refractivity contribution in [2.45, 2.75) is 49.6 Å². The maximum Gasteiger partial charge on any atom is 0.127 e. The predicted octanol–water partition coefficient (Wildman–Crippen LogP) is 4.52. The smallest absolute Gasteiger partial charge is 0.127 e. The van der Waals surface area contributed by atoms with E-state index < -0.39 is 11.6 Å². The second kappa shape index (κ2) is 6.93. The summed E-state index contributed by atoms with van der Waals surface area (Å²) in [5, 5.41) is 9.77. The van der Waals surface area contributed by atoms with E-state index in [9.17, 15) is 8.78 Å². The largest absolute Gasteiger partial charge is 0.322 e. The van der Waals surface area contributed by atoms with Crippen molar-refractivity contribution in [1.82, 2.24) is 9.55 Å². The van der Waals surface area contributed by atoms with Crippen LogP contribution in [0.2, 0.25) is 0 Å². The number of benzene rings is 1. The Labute approximate surface area is 133 Å². The van der Waals surface area contributed by atoms with Gasteiger partial charge in [-0.1, -0.05) is 25.6 Å². The van der Waals surface area contributed by atoms with E-state index in [2.05, 4.69) is 11.1 Å². The van der Waals surface area contributed by atoms with Crippen molar-refractivity contribution in [3.05, 3.63) is 41.4 Å². The minimum atomic E-state index is -0.603. The minimum absolute atomic E-state index is 0.158. The number of rotatable bonds is 5. The van der Waals surface area contributed by atoms with Crippen LogP contribution in [0, 0.1) is 23.0 Å². The molecule has 0 unspecified atom stereocenters. The molecular formula is C16H17F2N3S. The van der Waals surface area contributed by atoms with E-state index in [0.717, 1.165) is 16.8 Å². The molecule has 0 aliphatic heterocycles. The first-order valence-electron chi connectivity index (χ1n) is 7.06. The highest BCUT2D eigenvalue weighted by Crippen LogP contribution is 2.35. The van der Waals surface area contributed by atoms with Gasteiger partial charge in [0.2, 0.25) is 0 Å². The molecule has 1 aromatic heterocycles. The van der Waals surface area contributed by atoms with Gasteiger partial charge in [0, 0.05) is 17.5 Å². The number of halogens is 2. The molecule has 2 rings (SSSR count). The Morgan fingerprint density at radius 3 is 2.41 bits per heavy atom. The molecule has 22 heavy (non-hydrogen) atoms. The molecule has 0 saturated heterocycles. The first kappa shape index (κ1) is 16.5. The molecule has 0 fully saturated rings. The van der Waals surface area contributed by atoms with Crippen molar-refractivity contribution < 1.29 is 8.78 Å². The lowest BCUT2D eigenvalue weighted by Crippen LogP contribution is -2.02. The Morgan fingerprint density at radius 2 is 1.91 bits per heavy atom. The van der Waals surface area contributed by atoms with Crippen molar-refractivity contribution in [1.29, 1.82) is 5.26 Å². The quantitative estimate of drug-likeness (QED) is 0.813. The summed E-state index contributed by atoms with van der Waals surface area (Å²) in [6.07, 6.45) is 0.214. The molecule has 2 aromatic rings. The zero-order valence-electron chi connectivity index (χ0n) is 12.7. The average molecular weight is 321 g/mol. The number of aromatic nitrogens is 2. The summed E-state index contributed by atoms with van der Waals surface area (Å²) in [6, 6.07) is 5.56. The van der Waals surface area contributed by atoms with Crippen molar-refractivity contribution in [3.63, 3.8) is 0 Å². The van der Waals surface area contributed by atoms with E-state index in [1.807, 2.05) is 25.3 Å². The van der Waals surface area contributed by atoms with Gasteiger partial charge in [-0.25, -0.2) is 13.8 Å². The van der Waals surface area contributed by atoms with Crippen molar-refractivity contribution in [2.75, 3.05) is 0 Å². The molecular weight excluding hydrogens is 304 g/mol. The Balaban J connectivity index is 2.50. The number of hydrogen-bond acceptors (Lipinski definition) is 3. The summed E-state index contributed by atoms with van der Waals surface area (Å²) in [7, 11) is 0. The van der Waals surface area contributed by atoms with Crippen LogP contribution in [0.25, 0.3) is 0 Å². The van der Waals surface area contributed by atoms with Crippen molar-refractivity contribution in [2.24, 2.45) is 0 Å². The van der Waals surface area contributed by atoms with Gasteiger partial charge in [0.25, 0.3) is 0 Å². The van der Waals surface area contributed by atoms with E-state index in [1.165, 1.54) is 23.9 Å². The van der Waals surface area contributed by atoms with Crippen LogP contribution in [0.3, 0.4) is 0 Å².